The SMILES string of the molecule is CC1(CNCc2cc(F)ccc2[N+](=O)[O-])CCCS1. The zero-order valence-electron chi connectivity index (χ0n) is 10.8. The van der Waals surface area contributed by atoms with E-state index in [-0.39, 0.29) is 10.4 Å². The van der Waals surface area contributed by atoms with Crippen LogP contribution in [0.1, 0.15) is 25.3 Å². The van der Waals surface area contributed by atoms with E-state index in [1.807, 2.05) is 11.8 Å². The number of nitro benzene ring substituents is 1. The summed E-state index contributed by atoms with van der Waals surface area (Å²) in [5.74, 6) is 0.724. The van der Waals surface area contributed by atoms with E-state index in [0.29, 0.717) is 12.1 Å². The molecular weight excluding hydrogens is 267 g/mol. The van der Waals surface area contributed by atoms with Crippen molar-refractivity contribution < 1.29 is 9.31 Å². The molecule has 0 amide bonds. The Balaban J connectivity index is 1.98. The van der Waals surface area contributed by atoms with Crippen molar-refractivity contribution in [3.05, 3.63) is 39.7 Å². The molecule has 6 heteroatoms. The maximum Gasteiger partial charge on any atom is 0.274 e. The fraction of sp³-hybridized carbons (Fsp3) is 0.538. The van der Waals surface area contributed by atoms with Crippen molar-refractivity contribution in [2.45, 2.75) is 31.1 Å². The number of nitrogens with one attached hydrogen (secondary N) is 1. The Morgan fingerprint density at radius 1 is 1.58 bits per heavy atom. The van der Waals surface area contributed by atoms with Gasteiger partial charge in [0, 0.05) is 29.5 Å². The molecule has 0 aliphatic carbocycles. The minimum absolute atomic E-state index is 0.0295. The Kier molecular flexibility index (Phi) is 4.42. The van der Waals surface area contributed by atoms with Gasteiger partial charge in [-0.1, -0.05) is 0 Å². The smallest absolute Gasteiger partial charge is 0.274 e. The molecule has 1 heterocycles. The summed E-state index contributed by atoms with van der Waals surface area (Å²) in [4.78, 5) is 10.4. The van der Waals surface area contributed by atoms with Crippen LogP contribution >= 0.6 is 11.8 Å². The van der Waals surface area contributed by atoms with Crippen molar-refractivity contribution in [3.63, 3.8) is 0 Å². The van der Waals surface area contributed by atoms with Gasteiger partial charge >= 0.3 is 0 Å². The molecule has 0 bridgehead atoms. The number of halogens is 1. The number of hydrogen-bond donors (Lipinski definition) is 1. The normalized spacial score (nSPS) is 22.6. The maximum absolute atomic E-state index is 13.2. The van der Waals surface area contributed by atoms with Gasteiger partial charge in [0.25, 0.3) is 5.69 Å². The van der Waals surface area contributed by atoms with E-state index in [9.17, 15) is 14.5 Å². The van der Waals surface area contributed by atoms with E-state index >= 15 is 0 Å². The highest BCUT2D eigenvalue weighted by molar-refractivity contribution is 8.00. The Morgan fingerprint density at radius 3 is 3.00 bits per heavy atom. The fourth-order valence-corrected chi connectivity index (χ4v) is 3.59. The Bertz CT molecular complexity index is 476. The number of hydrogen-bond acceptors (Lipinski definition) is 4. The lowest BCUT2D eigenvalue weighted by Gasteiger charge is -2.22. The summed E-state index contributed by atoms with van der Waals surface area (Å²) in [5.41, 5.74) is 0.370. The molecule has 0 aromatic heterocycles. The first kappa shape index (κ1) is 14.3. The molecule has 0 radical (unpaired) electrons. The summed E-state index contributed by atoms with van der Waals surface area (Å²) in [6, 6.07) is 3.57. The van der Waals surface area contributed by atoms with Crippen molar-refractivity contribution >= 4 is 17.4 Å². The minimum Gasteiger partial charge on any atom is -0.311 e. The van der Waals surface area contributed by atoms with Crippen molar-refractivity contribution in [1.29, 1.82) is 0 Å². The van der Waals surface area contributed by atoms with Crippen molar-refractivity contribution in [3.8, 4) is 0 Å². The molecule has 1 aromatic carbocycles. The third-order valence-electron chi connectivity index (χ3n) is 3.35. The highest BCUT2D eigenvalue weighted by atomic mass is 32.2. The second kappa shape index (κ2) is 5.88. The first-order valence-corrected chi connectivity index (χ1v) is 7.26. The highest BCUT2D eigenvalue weighted by Gasteiger charge is 2.29. The Morgan fingerprint density at radius 2 is 2.37 bits per heavy atom. The van der Waals surface area contributed by atoms with Crippen LogP contribution in [0.3, 0.4) is 0 Å². The summed E-state index contributed by atoms with van der Waals surface area (Å²) in [6.07, 6.45) is 2.36. The largest absolute Gasteiger partial charge is 0.311 e. The molecule has 1 saturated heterocycles. The summed E-state index contributed by atoms with van der Waals surface area (Å²) < 4.78 is 13.4. The molecule has 1 fully saturated rings. The van der Waals surface area contributed by atoms with Crippen LogP contribution in [-0.4, -0.2) is 22.0 Å². The van der Waals surface area contributed by atoms with Crippen LogP contribution in [0.2, 0.25) is 0 Å². The van der Waals surface area contributed by atoms with Crippen LogP contribution in [0.4, 0.5) is 10.1 Å². The van der Waals surface area contributed by atoms with Gasteiger partial charge < -0.3 is 5.32 Å². The van der Waals surface area contributed by atoms with Gasteiger partial charge in [0.2, 0.25) is 0 Å². The zero-order chi connectivity index (χ0) is 13.9. The molecule has 1 aliphatic heterocycles. The van der Waals surface area contributed by atoms with Gasteiger partial charge in [-0.25, -0.2) is 4.39 Å². The number of nitro groups is 1. The molecule has 19 heavy (non-hydrogen) atoms. The molecule has 4 nitrogen and oxygen atoms in total. The molecular formula is C13H17FN2O2S. The Hall–Kier alpha value is -1.14. The summed E-state index contributed by atoms with van der Waals surface area (Å²) in [6.45, 7) is 3.30. The lowest BCUT2D eigenvalue weighted by Crippen LogP contribution is -2.32. The molecule has 1 atom stereocenters. The predicted octanol–water partition coefficient (Wildman–Crippen LogP) is 3.11. The summed E-state index contributed by atoms with van der Waals surface area (Å²) in [5, 5.41) is 14.1. The van der Waals surface area contributed by atoms with E-state index < -0.39 is 10.7 Å². The molecule has 1 aromatic rings. The molecule has 2 rings (SSSR count). The molecule has 1 N–H and O–H groups in total. The molecule has 0 spiro atoms. The highest BCUT2D eigenvalue weighted by Crippen LogP contribution is 2.37. The number of thioether (sulfide) groups is 1. The van der Waals surface area contributed by atoms with Crippen molar-refractivity contribution in [2.75, 3.05) is 12.3 Å². The summed E-state index contributed by atoms with van der Waals surface area (Å²) >= 11 is 1.92. The predicted molar refractivity (Wildman–Crippen MR) is 74.9 cm³/mol. The quantitative estimate of drug-likeness (QED) is 0.667. The van der Waals surface area contributed by atoms with Gasteiger partial charge in [0.15, 0.2) is 0 Å². The van der Waals surface area contributed by atoms with Crippen LogP contribution in [-0.2, 0) is 6.54 Å². The second-order valence-corrected chi connectivity index (χ2v) is 6.72. The van der Waals surface area contributed by atoms with E-state index in [1.54, 1.807) is 0 Å². The molecule has 1 unspecified atom stereocenters. The minimum atomic E-state index is -0.470. The number of rotatable bonds is 5. The average molecular weight is 284 g/mol. The van der Waals surface area contributed by atoms with Crippen LogP contribution in [0.5, 0.6) is 0 Å². The zero-order valence-corrected chi connectivity index (χ0v) is 11.6. The van der Waals surface area contributed by atoms with Gasteiger partial charge in [0.05, 0.1) is 4.92 Å². The van der Waals surface area contributed by atoms with Crippen molar-refractivity contribution in [2.24, 2.45) is 0 Å². The maximum atomic E-state index is 13.2. The van der Waals surface area contributed by atoms with Gasteiger partial charge in [-0.15, -0.1) is 0 Å². The summed E-state index contributed by atoms with van der Waals surface area (Å²) in [7, 11) is 0. The third-order valence-corrected chi connectivity index (χ3v) is 4.89. The first-order valence-electron chi connectivity index (χ1n) is 6.28. The Labute approximate surface area is 115 Å². The lowest BCUT2D eigenvalue weighted by molar-refractivity contribution is -0.385. The van der Waals surface area contributed by atoms with Crippen LogP contribution in [0.15, 0.2) is 18.2 Å². The standard InChI is InChI=1S/C13H17FN2O2S/c1-13(5-2-6-19-13)9-15-8-10-7-11(14)3-4-12(10)16(17)18/h3-4,7,15H,2,5-6,8-9H2,1H3. The monoisotopic (exact) mass is 284 g/mol. The molecule has 1 aliphatic rings. The second-order valence-electron chi connectivity index (χ2n) is 5.04. The first-order chi connectivity index (χ1) is 9.00. The molecule has 0 saturated carbocycles. The van der Waals surface area contributed by atoms with Crippen LogP contribution in [0, 0.1) is 15.9 Å². The van der Waals surface area contributed by atoms with Crippen molar-refractivity contribution in [1.82, 2.24) is 5.32 Å². The van der Waals surface area contributed by atoms with Gasteiger partial charge in [-0.05, 0) is 37.7 Å². The van der Waals surface area contributed by atoms with Gasteiger partial charge in [-0.3, -0.25) is 10.1 Å². The van der Waals surface area contributed by atoms with E-state index in [2.05, 4.69) is 12.2 Å². The number of benzene rings is 1. The number of nitrogens with zero attached hydrogens (tertiary/aromatic N) is 1. The van der Waals surface area contributed by atoms with Gasteiger partial charge in [-0.2, -0.15) is 11.8 Å². The van der Waals surface area contributed by atoms with E-state index in [1.165, 1.54) is 18.6 Å². The third kappa shape index (κ3) is 3.67. The lowest BCUT2D eigenvalue weighted by atomic mass is 10.1. The van der Waals surface area contributed by atoms with Crippen LogP contribution in [0.25, 0.3) is 0 Å². The fourth-order valence-electron chi connectivity index (χ4n) is 2.31. The molecule has 104 valence electrons. The van der Waals surface area contributed by atoms with E-state index in [4.69, 9.17) is 0 Å². The average Bonchev–Trinajstić information content (AvgIpc) is 2.76. The van der Waals surface area contributed by atoms with E-state index in [0.717, 1.165) is 24.8 Å². The van der Waals surface area contributed by atoms with Gasteiger partial charge in [0.1, 0.15) is 5.82 Å². The topological polar surface area (TPSA) is 55.2 Å². The van der Waals surface area contributed by atoms with Crippen LogP contribution < -0.4 is 5.32 Å².